The van der Waals surface area contributed by atoms with Crippen molar-refractivity contribution < 1.29 is 9.53 Å². The van der Waals surface area contributed by atoms with Gasteiger partial charge in [0.15, 0.2) is 0 Å². The smallest absolute Gasteiger partial charge is 0.229 e. The fourth-order valence-corrected chi connectivity index (χ4v) is 2.57. The molecule has 1 fully saturated rings. The number of carbonyl (C=O) groups is 1. The van der Waals surface area contributed by atoms with Gasteiger partial charge in [0.2, 0.25) is 5.91 Å². The highest BCUT2D eigenvalue weighted by Gasteiger charge is 2.22. The number of rotatable bonds is 2. The third-order valence-electron chi connectivity index (χ3n) is 3.61. The van der Waals surface area contributed by atoms with Crippen molar-refractivity contribution in [1.29, 1.82) is 0 Å². The summed E-state index contributed by atoms with van der Waals surface area (Å²) in [5, 5.41) is 6.31. The summed E-state index contributed by atoms with van der Waals surface area (Å²) in [6, 6.07) is 6.06. The second-order valence-electron chi connectivity index (χ2n) is 4.95. The number of nitrogens with one attached hydrogen (secondary N) is 2. The largest absolute Gasteiger partial charge is 0.384 e. The van der Waals surface area contributed by atoms with Crippen LogP contribution in [0.5, 0.6) is 0 Å². The quantitative estimate of drug-likeness (QED) is 0.839. The molecule has 0 radical (unpaired) electrons. The zero-order valence-corrected chi connectivity index (χ0v) is 10.4. The van der Waals surface area contributed by atoms with E-state index in [0.29, 0.717) is 6.61 Å². The predicted molar refractivity (Wildman–Crippen MR) is 70.8 cm³/mol. The molecule has 96 valence electrons. The lowest BCUT2D eigenvalue weighted by atomic mass is 10.0. The number of ether oxygens (including phenoxy) is 1. The first kappa shape index (κ1) is 11.5. The number of hydrogen-bond donors (Lipinski definition) is 2. The highest BCUT2D eigenvalue weighted by atomic mass is 16.5. The van der Waals surface area contributed by atoms with Crippen LogP contribution in [0, 0.1) is 5.92 Å². The van der Waals surface area contributed by atoms with Gasteiger partial charge in [0, 0.05) is 24.5 Å². The minimum atomic E-state index is 0.00475. The summed E-state index contributed by atoms with van der Waals surface area (Å²) in [7, 11) is 0. The molecule has 0 saturated carbocycles. The van der Waals surface area contributed by atoms with Crippen molar-refractivity contribution in [3.05, 3.63) is 23.8 Å². The van der Waals surface area contributed by atoms with Crippen molar-refractivity contribution >= 4 is 17.3 Å². The summed E-state index contributed by atoms with van der Waals surface area (Å²) in [4.78, 5) is 12.1. The molecule has 0 aromatic heterocycles. The van der Waals surface area contributed by atoms with Crippen LogP contribution in [-0.4, -0.2) is 25.7 Å². The zero-order chi connectivity index (χ0) is 12.4. The summed E-state index contributed by atoms with van der Waals surface area (Å²) in [6.07, 6.45) is 2.94. The third kappa shape index (κ3) is 2.34. The van der Waals surface area contributed by atoms with Crippen molar-refractivity contribution in [3.8, 4) is 0 Å². The van der Waals surface area contributed by atoms with Crippen LogP contribution in [0.4, 0.5) is 11.4 Å². The van der Waals surface area contributed by atoms with Gasteiger partial charge in [-0.2, -0.15) is 0 Å². The topological polar surface area (TPSA) is 50.4 Å². The molecule has 1 unspecified atom stereocenters. The first-order chi connectivity index (χ1) is 8.83. The number of amides is 1. The van der Waals surface area contributed by atoms with E-state index in [1.54, 1.807) is 0 Å². The Bertz CT molecular complexity index is 453. The van der Waals surface area contributed by atoms with E-state index in [4.69, 9.17) is 4.74 Å². The predicted octanol–water partition coefficient (Wildman–Crippen LogP) is 2.02. The molecule has 4 heteroatoms. The average Bonchev–Trinajstić information content (AvgIpc) is 2.87. The molecular weight excluding hydrogens is 228 g/mol. The van der Waals surface area contributed by atoms with E-state index < -0.39 is 0 Å². The molecule has 3 rings (SSSR count). The van der Waals surface area contributed by atoms with E-state index in [1.807, 2.05) is 12.1 Å². The second-order valence-corrected chi connectivity index (χ2v) is 4.95. The maximum atomic E-state index is 12.1. The highest BCUT2D eigenvalue weighted by Crippen LogP contribution is 2.26. The summed E-state index contributed by atoms with van der Waals surface area (Å²) >= 11 is 0. The maximum Gasteiger partial charge on any atom is 0.229 e. The lowest BCUT2D eigenvalue weighted by Gasteiger charge is -2.21. The van der Waals surface area contributed by atoms with Gasteiger partial charge in [-0.05, 0) is 43.0 Å². The first-order valence-corrected chi connectivity index (χ1v) is 6.58. The summed E-state index contributed by atoms with van der Waals surface area (Å²) in [5.74, 6) is 0.0886. The van der Waals surface area contributed by atoms with Crippen molar-refractivity contribution in [2.45, 2.75) is 19.3 Å². The average molecular weight is 246 g/mol. The molecule has 0 bridgehead atoms. The zero-order valence-electron chi connectivity index (χ0n) is 10.4. The van der Waals surface area contributed by atoms with Crippen LogP contribution in [0.1, 0.15) is 18.4 Å². The third-order valence-corrected chi connectivity index (χ3v) is 3.61. The molecule has 2 aliphatic rings. The lowest BCUT2D eigenvalue weighted by Crippen LogP contribution is -2.30. The van der Waals surface area contributed by atoms with E-state index in [9.17, 15) is 4.79 Å². The molecule has 1 saturated heterocycles. The van der Waals surface area contributed by atoms with Crippen LogP contribution < -0.4 is 10.6 Å². The number of benzene rings is 1. The summed E-state index contributed by atoms with van der Waals surface area (Å²) in [6.45, 7) is 2.33. The Balaban J connectivity index is 1.66. The van der Waals surface area contributed by atoms with Crippen molar-refractivity contribution in [3.63, 3.8) is 0 Å². The van der Waals surface area contributed by atoms with Gasteiger partial charge in [-0.15, -0.1) is 0 Å². The van der Waals surface area contributed by atoms with Gasteiger partial charge in [0.1, 0.15) is 0 Å². The fourth-order valence-electron chi connectivity index (χ4n) is 2.57. The van der Waals surface area contributed by atoms with E-state index >= 15 is 0 Å². The molecule has 4 nitrogen and oxygen atoms in total. The van der Waals surface area contributed by atoms with Gasteiger partial charge >= 0.3 is 0 Å². The summed E-state index contributed by atoms with van der Waals surface area (Å²) < 4.78 is 5.34. The molecule has 0 spiro atoms. The van der Waals surface area contributed by atoms with Crippen LogP contribution >= 0.6 is 0 Å². The highest BCUT2D eigenvalue weighted by molar-refractivity contribution is 5.93. The van der Waals surface area contributed by atoms with Gasteiger partial charge in [-0.1, -0.05) is 0 Å². The minimum Gasteiger partial charge on any atom is -0.384 e. The van der Waals surface area contributed by atoms with E-state index in [-0.39, 0.29) is 11.8 Å². The maximum absolute atomic E-state index is 12.1. The number of fused-ring (bicyclic) bond motifs is 1. The Morgan fingerprint density at radius 2 is 2.39 bits per heavy atom. The normalized spacial score (nSPS) is 22.1. The fraction of sp³-hybridized carbons (Fsp3) is 0.500. The second kappa shape index (κ2) is 4.98. The molecule has 1 aromatic rings. The van der Waals surface area contributed by atoms with Gasteiger partial charge in [-0.3, -0.25) is 4.79 Å². The molecule has 2 heterocycles. The van der Waals surface area contributed by atoms with Gasteiger partial charge in [0.05, 0.1) is 12.5 Å². The first-order valence-electron chi connectivity index (χ1n) is 6.58. The number of carbonyl (C=O) groups excluding carboxylic acids is 1. The van der Waals surface area contributed by atoms with Crippen LogP contribution in [0.2, 0.25) is 0 Å². The Hall–Kier alpha value is -1.55. The molecule has 0 aliphatic carbocycles. The Kier molecular flexibility index (Phi) is 3.19. The Morgan fingerprint density at radius 3 is 3.22 bits per heavy atom. The SMILES string of the molecule is O=C(Nc1ccc2c(c1)CCN2)C1CCCOC1. The van der Waals surface area contributed by atoms with E-state index in [0.717, 1.165) is 38.1 Å². The monoisotopic (exact) mass is 246 g/mol. The molecule has 18 heavy (non-hydrogen) atoms. The molecule has 1 atom stereocenters. The number of anilines is 2. The lowest BCUT2D eigenvalue weighted by molar-refractivity contribution is -0.123. The Labute approximate surface area is 107 Å². The minimum absolute atomic E-state index is 0.00475. The summed E-state index contributed by atoms with van der Waals surface area (Å²) in [5.41, 5.74) is 3.37. The standard InChI is InChI=1S/C14H18N2O2/c17-14(11-2-1-7-18-9-11)16-12-3-4-13-10(8-12)5-6-15-13/h3-4,8,11,15H,1-2,5-7,9H2,(H,16,17). The van der Waals surface area contributed by atoms with Gasteiger partial charge in [0.25, 0.3) is 0 Å². The molecule has 2 aliphatic heterocycles. The van der Waals surface area contributed by atoms with E-state index in [2.05, 4.69) is 16.7 Å². The Morgan fingerprint density at radius 1 is 1.44 bits per heavy atom. The van der Waals surface area contributed by atoms with E-state index in [1.165, 1.54) is 11.3 Å². The van der Waals surface area contributed by atoms with Crippen LogP contribution in [0.15, 0.2) is 18.2 Å². The van der Waals surface area contributed by atoms with Crippen LogP contribution in [0.25, 0.3) is 0 Å². The van der Waals surface area contributed by atoms with Crippen LogP contribution in [0.3, 0.4) is 0 Å². The van der Waals surface area contributed by atoms with Crippen LogP contribution in [-0.2, 0) is 16.0 Å². The molecule has 1 amide bonds. The molecular formula is C14H18N2O2. The molecule has 2 N–H and O–H groups in total. The van der Waals surface area contributed by atoms with Gasteiger partial charge < -0.3 is 15.4 Å². The van der Waals surface area contributed by atoms with Crippen molar-refractivity contribution in [1.82, 2.24) is 0 Å². The molecule has 1 aromatic carbocycles. The van der Waals surface area contributed by atoms with Gasteiger partial charge in [-0.25, -0.2) is 0 Å². The number of hydrogen-bond acceptors (Lipinski definition) is 3. The van der Waals surface area contributed by atoms with Crippen molar-refractivity contribution in [2.75, 3.05) is 30.4 Å². The van der Waals surface area contributed by atoms with Crippen molar-refractivity contribution in [2.24, 2.45) is 5.92 Å².